The van der Waals surface area contributed by atoms with E-state index >= 15 is 0 Å². The zero-order valence-electron chi connectivity index (χ0n) is 19.8. The summed E-state index contributed by atoms with van der Waals surface area (Å²) in [4.78, 5) is 16.4. The molecular weight excluding hydrogens is 569 g/mol. The van der Waals surface area contributed by atoms with E-state index in [0.29, 0.717) is 43.7 Å². The fraction of sp³-hybridized carbons (Fsp3) is 0.308. The van der Waals surface area contributed by atoms with E-state index < -0.39 is 0 Å². The van der Waals surface area contributed by atoms with E-state index in [1.807, 2.05) is 29.7 Å². The SMILES string of the molecule is Cc1nc(N2CCOCC2)ccc1-c1cnc(NCc2c(I)ccc3c2CCO3)n2cc(C#N)nc12. The van der Waals surface area contributed by atoms with Gasteiger partial charge in [-0.05, 0) is 59.3 Å². The highest BCUT2D eigenvalue weighted by Crippen LogP contribution is 2.33. The number of ether oxygens (including phenoxy) is 2. The molecule has 9 nitrogen and oxygen atoms in total. The molecule has 1 saturated heterocycles. The van der Waals surface area contributed by atoms with Gasteiger partial charge in [0.25, 0.3) is 0 Å². The highest BCUT2D eigenvalue weighted by molar-refractivity contribution is 14.1. The third-order valence-electron chi connectivity index (χ3n) is 6.67. The standard InChI is InChI=1S/C26H24IN7O2/c1-16-18(2-5-24(31-16)33-7-10-35-11-8-33)21-14-30-26(34-15-17(12-28)32-25(21)34)29-13-20-19-6-9-36-23(19)4-3-22(20)27/h2-5,14-15H,6-11,13H2,1H3,(H,29,30). The molecule has 0 unspecified atom stereocenters. The van der Waals surface area contributed by atoms with E-state index in [1.165, 1.54) is 14.7 Å². The first-order chi connectivity index (χ1) is 17.6. The van der Waals surface area contributed by atoms with Crippen molar-refractivity contribution in [1.82, 2.24) is 19.4 Å². The van der Waals surface area contributed by atoms with Gasteiger partial charge in [0.1, 0.15) is 17.6 Å². The van der Waals surface area contributed by atoms with Gasteiger partial charge in [0.15, 0.2) is 11.3 Å². The van der Waals surface area contributed by atoms with Gasteiger partial charge in [0, 0.05) is 58.2 Å². The number of rotatable bonds is 5. The van der Waals surface area contributed by atoms with Crippen LogP contribution in [0.4, 0.5) is 11.8 Å². The minimum absolute atomic E-state index is 0.339. The predicted octanol–water partition coefficient (Wildman–Crippen LogP) is 3.96. The second-order valence-corrected chi connectivity index (χ2v) is 9.95. The van der Waals surface area contributed by atoms with Gasteiger partial charge in [-0.15, -0.1) is 0 Å². The van der Waals surface area contributed by atoms with Gasteiger partial charge in [0.05, 0.1) is 26.0 Å². The summed E-state index contributed by atoms with van der Waals surface area (Å²) in [6.07, 6.45) is 4.44. The fourth-order valence-electron chi connectivity index (χ4n) is 4.83. The molecule has 5 heterocycles. The van der Waals surface area contributed by atoms with Crippen molar-refractivity contribution in [2.24, 2.45) is 0 Å². The number of benzene rings is 1. The Morgan fingerprint density at radius 3 is 2.78 bits per heavy atom. The van der Waals surface area contributed by atoms with Crippen molar-refractivity contribution < 1.29 is 9.47 Å². The maximum absolute atomic E-state index is 9.57. The van der Waals surface area contributed by atoms with Gasteiger partial charge < -0.3 is 19.7 Å². The average Bonchev–Trinajstić information content (AvgIpc) is 3.56. The smallest absolute Gasteiger partial charge is 0.208 e. The van der Waals surface area contributed by atoms with Crippen LogP contribution in [0.15, 0.2) is 36.7 Å². The van der Waals surface area contributed by atoms with Crippen molar-refractivity contribution in [3.63, 3.8) is 0 Å². The molecule has 3 aromatic heterocycles. The van der Waals surface area contributed by atoms with Gasteiger partial charge in [-0.25, -0.2) is 15.0 Å². The maximum atomic E-state index is 9.57. The molecule has 2 aliphatic rings. The lowest BCUT2D eigenvalue weighted by Gasteiger charge is -2.28. The van der Waals surface area contributed by atoms with Gasteiger partial charge in [0.2, 0.25) is 5.95 Å². The number of imidazole rings is 1. The van der Waals surface area contributed by atoms with Crippen LogP contribution in [0.2, 0.25) is 0 Å². The summed E-state index contributed by atoms with van der Waals surface area (Å²) in [6, 6.07) is 10.4. The molecule has 10 heteroatoms. The predicted molar refractivity (Wildman–Crippen MR) is 144 cm³/mol. The number of aromatic nitrogens is 4. The number of halogens is 1. The van der Waals surface area contributed by atoms with Crippen LogP contribution in [0.5, 0.6) is 5.75 Å². The van der Waals surface area contributed by atoms with Crippen LogP contribution in [-0.4, -0.2) is 52.3 Å². The number of pyridine rings is 1. The first-order valence-corrected chi connectivity index (χ1v) is 13.0. The third kappa shape index (κ3) is 4.12. The van der Waals surface area contributed by atoms with Crippen LogP contribution in [0, 0.1) is 21.8 Å². The highest BCUT2D eigenvalue weighted by Gasteiger charge is 2.20. The monoisotopic (exact) mass is 593 g/mol. The van der Waals surface area contributed by atoms with Crippen LogP contribution >= 0.6 is 22.6 Å². The molecule has 0 saturated carbocycles. The molecule has 0 aliphatic carbocycles. The number of nitrogens with zero attached hydrogens (tertiary/aromatic N) is 6. The van der Waals surface area contributed by atoms with Crippen LogP contribution in [0.1, 0.15) is 22.5 Å². The Morgan fingerprint density at radius 2 is 1.97 bits per heavy atom. The van der Waals surface area contributed by atoms with Crippen molar-refractivity contribution in [2.75, 3.05) is 43.1 Å². The van der Waals surface area contributed by atoms with Crippen LogP contribution in [0.25, 0.3) is 16.8 Å². The summed E-state index contributed by atoms with van der Waals surface area (Å²) >= 11 is 2.36. The summed E-state index contributed by atoms with van der Waals surface area (Å²) in [6.45, 7) is 6.40. The van der Waals surface area contributed by atoms with E-state index in [9.17, 15) is 5.26 Å². The summed E-state index contributed by atoms with van der Waals surface area (Å²) < 4.78 is 14.2. The van der Waals surface area contributed by atoms with E-state index in [2.05, 4.69) is 56.0 Å². The van der Waals surface area contributed by atoms with Crippen molar-refractivity contribution in [3.8, 4) is 22.9 Å². The van der Waals surface area contributed by atoms with Crippen molar-refractivity contribution in [2.45, 2.75) is 19.9 Å². The lowest BCUT2D eigenvalue weighted by Crippen LogP contribution is -2.36. The fourth-order valence-corrected chi connectivity index (χ4v) is 5.52. The number of morpholine rings is 1. The Hall–Kier alpha value is -3.43. The minimum atomic E-state index is 0.339. The summed E-state index contributed by atoms with van der Waals surface area (Å²) in [5.74, 6) is 2.53. The third-order valence-corrected chi connectivity index (χ3v) is 7.68. The second-order valence-electron chi connectivity index (χ2n) is 8.78. The van der Waals surface area contributed by atoms with Crippen LogP contribution < -0.4 is 15.0 Å². The Bertz CT molecular complexity index is 1500. The summed E-state index contributed by atoms with van der Waals surface area (Å²) in [7, 11) is 0. The molecular formula is C26H24IN7O2. The number of hydrogen-bond acceptors (Lipinski definition) is 8. The molecule has 1 N–H and O–H groups in total. The molecule has 0 atom stereocenters. The number of hydrogen-bond donors (Lipinski definition) is 1. The number of fused-ring (bicyclic) bond motifs is 2. The first-order valence-electron chi connectivity index (χ1n) is 11.9. The van der Waals surface area contributed by atoms with Crippen LogP contribution in [-0.2, 0) is 17.7 Å². The van der Waals surface area contributed by atoms with E-state index in [0.717, 1.165) is 47.9 Å². The second kappa shape index (κ2) is 9.55. The number of anilines is 2. The number of nitrogens with one attached hydrogen (secondary N) is 1. The first kappa shape index (κ1) is 23.0. The summed E-state index contributed by atoms with van der Waals surface area (Å²) in [5, 5.41) is 13.0. The van der Waals surface area contributed by atoms with Crippen molar-refractivity contribution >= 4 is 40.0 Å². The molecule has 2 aliphatic heterocycles. The lowest BCUT2D eigenvalue weighted by atomic mass is 10.1. The number of aryl methyl sites for hydroxylation is 1. The molecule has 6 rings (SSSR count). The Morgan fingerprint density at radius 1 is 1.11 bits per heavy atom. The van der Waals surface area contributed by atoms with E-state index in [1.54, 1.807) is 6.20 Å². The molecule has 0 bridgehead atoms. The molecule has 36 heavy (non-hydrogen) atoms. The molecule has 0 spiro atoms. The molecule has 1 aromatic carbocycles. The van der Waals surface area contributed by atoms with Crippen LogP contribution in [0.3, 0.4) is 0 Å². The Labute approximate surface area is 222 Å². The van der Waals surface area contributed by atoms with E-state index in [4.69, 9.17) is 19.4 Å². The topological polar surface area (TPSA) is 101 Å². The van der Waals surface area contributed by atoms with Crippen molar-refractivity contribution in [1.29, 1.82) is 5.26 Å². The average molecular weight is 593 g/mol. The van der Waals surface area contributed by atoms with Crippen molar-refractivity contribution in [3.05, 3.63) is 62.7 Å². The largest absolute Gasteiger partial charge is 0.493 e. The Balaban J connectivity index is 1.35. The molecule has 4 aromatic rings. The van der Waals surface area contributed by atoms with Gasteiger partial charge >= 0.3 is 0 Å². The number of nitriles is 1. The molecule has 0 amide bonds. The zero-order valence-corrected chi connectivity index (χ0v) is 21.9. The summed E-state index contributed by atoms with van der Waals surface area (Å²) in [5.41, 5.74) is 6.13. The highest BCUT2D eigenvalue weighted by atomic mass is 127. The van der Waals surface area contributed by atoms with E-state index in [-0.39, 0.29) is 0 Å². The molecule has 1 fully saturated rings. The normalized spacial score (nSPS) is 15.0. The van der Waals surface area contributed by atoms with Gasteiger partial charge in [-0.2, -0.15) is 5.26 Å². The lowest BCUT2D eigenvalue weighted by molar-refractivity contribution is 0.122. The zero-order chi connectivity index (χ0) is 24.6. The minimum Gasteiger partial charge on any atom is -0.493 e. The molecule has 182 valence electrons. The maximum Gasteiger partial charge on any atom is 0.208 e. The molecule has 0 radical (unpaired) electrons. The van der Waals surface area contributed by atoms with Gasteiger partial charge in [-0.1, -0.05) is 0 Å². The van der Waals surface area contributed by atoms with Gasteiger partial charge in [-0.3, -0.25) is 4.40 Å². The quantitative estimate of drug-likeness (QED) is 0.348. The Kier molecular flexibility index (Phi) is 6.10.